The van der Waals surface area contributed by atoms with Crippen LogP contribution in [0, 0.1) is 16.7 Å². The van der Waals surface area contributed by atoms with E-state index in [-0.39, 0.29) is 5.41 Å². The molecule has 0 unspecified atom stereocenters. The van der Waals surface area contributed by atoms with E-state index in [2.05, 4.69) is 0 Å². The van der Waals surface area contributed by atoms with Crippen LogP contribution >= 0.6 is 0 Å². The minimum absolute atomic E-state index is 0.271. The molecule has 3 aliphatic rings. The first-order valence-electron chi connectivity index (χ1n) is 6.52. The van der Waals surface area contributed by atoms with Crippen LogP contribution < -0.4 is 0 Å². The van der Waals surface area contributed by atoms with Crippen LogP contribution in [0.25, 0.3) is 0 Å². The molecule has 2 heteroatoms. The Morgan fingerprint density at radius 2 is 1.73 bits per heavy atom. The molecule has 1 N–H and O–H groups in total. The molecule has 0 amide bonds. The van der Waals surface area contributed by atoms with E-state index in [1.54, 1.807) is 0 Å². The van der Waals surface area contributed by atoms with E-state index in [9.17, 15) is 5.11 Å². The topological polar surface area (TPSA) is 29.5 Å². The van der Waals surface area contributed by atoms with Gasteiger partial charge in [0.1, 0.15) is 0 Å². The highest BCUT2D eigenvalue weighted by atomic mass is 16.5. The zero-order valence-electron chi connectivity index (χ0n) is 9.50. The van der Waals surface area contributed by atoms with Crippen molar-refractivity contribution in [3.8, 4) is 0 Å². The van der Waals surface area contributed by atoms with Gasteiger partial charge in [0, 0.05) is 17.4 Å². The van der Waals surface area contributed by atoms with Gasteiger partial charge >= 0.3 is 0 Å². The molecule has 0 radical (unpaired) electrons. The van der Waals surface area contributed by atoms with E-state index < -0.39 is 0 Å². The Balaban J connectivity index is 1.79. The van der Waals surface area contributed by atoms with Gasteiger partial charge in [-0.25, -0.2) is 0 Å². The number of aliphatic hydroxyl groups is 1. The van der Waals surface area contributed by atoms with Crippen molar-refractivity contribution in [2.45, 2.75) is 44.9 Å². The SMILES string of the molecule is OCC1(C2(C3CCCCC3)COC2)CC1. The third-order valence-corrected chi connectivity index (χ3v) is 5.32. The monoisotopic (exact) mass is 210 g/mol. The summed E-state index contributed by atoms with van der Waals surface area (Å²) in [5.41, 5.74) is 0.648. The van der Waals surface area contributed by atoms with Gasteiger partial charge in [-0.1, -0.05) is 19.3 Å². The second-order valence-corrected chi connectivity index (χ2v) is 5.92. The molecule has 3 rings (SSSR count). The zero-order chi connectivity index (χ0) is 10.4. The summed E-state index contributed by atoms with van der Waals surface area (Å²) in [6.45, 7) is 2.25. The third kappa shape index (κ3) is 1.31. The van der Waals surface area contributed by atoms with Crippen LogP contribution in [0.15, 0.2) is 0 Å². The fraction of sp³-hybridized carbons (Fsp3) is 1.00. The zero-order valence-corrected chi connectivity index (χ0v) is 9.50. The van der Waals surface area contributed by atoms with E-state index in [0.717, 1.165) is 19.1 Å². The van der Waals surface area contributed by atoms with Crippen LogP contribution in [0.1, 0.15) is 44.9 Å². The lowest BCUT2D eigenvalue weighted by Crippen LogP contribution is -2.56. The maximum Gasteiger partial charge on any atom is 0.0553 e. The number of hydrogen-bond acceptors (Lipinski definition) is 2. The summed E-state index contributed by atoms with van der Waals surface area (Å²) < 4.78 is 5.51. The maximum atomic E-state index is 9.63. The Bertz CT molecular complexity index is 235. The second kappa shape index (κ2) is 3.46. The molecule has 1 heterocycles. The first-order valence-corrected chi connectivity index (χ1v) is 6.52. The Morgan fingerprint density at radius 3 is 2.13 bits per heavy atom. The highest BCUT2D eigenvalue weighted by molar-refractivity contribution is 5.12. The quantitative estimate of drug-likeness (QED) is 0.775. The lowest BCUT2D eigenvalue weighted by Gasteiger charge is -2.53. The summed E-state index contributed by atoms with van der Waals surface area (Å²) in [5.74, 6) is 0.842. The van der Waals surface area contributed by atoms with Crippen LogP contribution in [-0.4, -0.2) is 24.9 Å². The van der Waals surface area contributed by atoms with Crippen molar-refractivity contribution in [1.29, 1.82) is 0 Å². The maximum absolute atomic E-state index is 9.63. The molecule has 86 valence electrons. The van der Waals surface area contributed by atoms with Crippen molar-refractivity contribution in [3.05, 3.63) is 0 Å². The Labute approximate surface area is 92.0 Å². The molecule has 15 heavy (non-hydrogen) atoms. The van der Waals surface area contributed by atoms with Gasteiger partial charge in [-0.2, -0.15) is 0 Å². The van der Waals surface area contributed by atoms with Gasteiger partial charge in [0.15, 0.2) is 0 Å². The van der Waals surface area contributed by atoms with Gasteiger partial charge in [0.2, 0.25) is 0 Å². The summed E-state index contributed by atoms with van der Waals surface area (Å²) in [6, 6.07) is 0. The van der Waals surface area contributed by atoms with Crippen LogP contribution in [0.4, 0.5) is 0 Å². The number of hydrogen-bond donors (Lipinski definition) is 1. The highest BCUT2D eigenvalue weighted by Gasteiger charge is 2.65. The molecule has 0 bridgehead atoms. The number of ether oxygens (including phenoxy) is 1. The van der Waals surface area contributed by atoms with Crippen molar-refractivity contribution in [2.75, 3.05) is 19.8 Å². The average molecular weight is 210 g/mol. The molecular formula is C13H22O2. The van der Waals surface area contributed by atoms with Gasteiger partial charge in [-0.3, -0.25) is 0 Å². The molecule has 1 aliphatic heterocycles. The number of rotatable bonds is 3. The van der Waals surface area contributed by atoms with Gasteiger partial charge in [0.05, 0.1) is 13.2 Å². The summed E-state index contributed by atoms with van der Waals surface area (Å²) in [7, 11) is 0. The van der Waals surface area contributed by atoms with Gasteiger partial charge < -0.3 is 9.84 Å². The molecule has 1 saturated heterocycles. The average Bonchev–Trinajstić information content (AvgIpc) is 2.99. The molecule has 2 aliphatic carbocycles. The predicted molar refractivity (Wildman–Crippen MR) is 58.6 cm³/mol. The third-order valence-electron chi connectivity index (χ3n) is 5.32. The standard InChI is InChI=1S/C13H22O2/c14-8-12(6-7-12)13(9-15-10-13)11-4-2-1-3-5-11/h11,14H,1-10H2. The summed E-state index contributed by atoms with van der Waals surface area (Å²) >= 11 is 0. The normalized spacial score (nSPS) is 33.4. The molecule has 0 spiro atoms. The number of aliphatic hydroxyl groups excluding tert-OH is 1. The first-order chi connectivity index (χ1) is 7.33. The Morgan fingerprint density at radius 1 is 1.07 bits per heavy atom. The van der Waals surface area contributed by atoms with E-state index in [1.165, 1.54) is 44.9 Å². The van der Waals surface area contributed by atoms with Gasteiger partial charge in [-0.15, -0.1) is 0 Å². The largest absolute Gasteiger partial charge is 0.396 e. The van der Waals surface area contributed by atoms with Crippen molar-refractivity contribution in [3.63, 3.8) is 0 Å². The van der Waals surface area contributed by atoms with Crippen LogP contribution in [-0.2, 0) is 4.74 Å². The lowest BCUT2D eigenvalue weighted by atomic mass is 9.59. The molecule has 2 saturated carbocycles. The molecule has 0 aromatic carbocycles. The molecule has 3 fully saturated rings. The second-order valence-electron chi connectivity index (χ2n) is 5.92. The Kier molecular flexibility index (Phi) is 2.33. The van der Waals surface area contributed by atoms with Crippen molar-refractivity contribution in [1.82, 2.24) is 0 Å². The van der Waals surface area contributed by atoms with E-state index in [0.29, 0.717) is 12.0 Å². The van der Waals surface area contributed by atoms with Crippen LogP contribution in [0.3, 0.4) is 0 Å². The van der Waals surface area contributed by atoms with E-state index in [1.807, 2.05) is 0 Å². The van der Waals surface area contributed by atoms with Gasteiger partial charge in [-0.05, 0) is 31.6 Å². The van der Waals surface area contributed by atoms with Crippen molar-refractivity contribution >= 4 is 0 Å². The van der Waals surface area contributed by atoms with Crippen LogP contribution in [0.2, 0.25) is 0 Å². The van der Waals surface area contributed by atoms with Crippen molar-refractivity contribution in [2.24, 2.45) is 16.7 Å². The molecule has 0 aromatic heterocycles. The molecular weight excluding hydrogens is 188 g/mol. The molecule has 0 aromatic rings. The predicted octanol–water partition coefficient (Wildman–Crippen LogP) is 2.36. The van der Waals surface area contributed by atoms with E-state index in [4.69, 9.17) is 4.74 Å². The first kappa shape index (κ1) is 10.1. The minimum atomic E-state index is 0.271. The fourth-order valence-electron chi connectivity index (χ4n) is 3.92. The fourth-order valence-corrected chi connectivity index (χ4v) is 3.92. The lowest BCUT2D eigenvalue weighted by molar-refractivity contribution is -0.201. The summed E-state index contributed by atoms with van der Waals surface area (Å²) in [6.07, 6.45) is 9.45. The van der Waals surface area contributed by atoms with Gasteiger partial charge in [0.25, 0.3) is 0 Å². The van der Waals surface area contributed by atoms with Crippen molar-refractivity contribution < 1.29 is 9.84 Å². The smallest absolute Gasteiger partial charge is 0.0553 e. The van der Waals surface area contributed by atoms with E-state index >= 15 is 0 Å². The van der Waals surface area contributed by atoms with Crippen LogP contribution in [0.5, 0.6) is 0 Å². The highest BCUT2D eigenvalue weighted by Crippen LogP contribution is 2.66. The molecule has 2 nitrogen and oxygen atoms in total. The molecule has 0 atom stereocenters. The summed E-state index contributed by atoms with van der Waals surface area (Å²) in [5, 5.41) is 9.63. The minimum Gasteiger partial charge on any atom is -0.396 e. The summed E-state index contributed by atoms with van der Waals surface area (Å²) in [4.78, 5) is 0. The Hall–Kier alpha value is -0.0800.